The molecule has 0 saturated carbocycles. The van der Waals surface area contributed by atoms with Crippen LogP contribution < -0.4 is 0 Å². The number of carbonyl (C=O) groups excluding carboxylic acids is 1. The van der Waals surface area contributed by atoms with Crippen molar-refractivity contribution in [3.8, 4) is 0 Å². The predicted molar refractivity (Wildman–Crippen MR) is 105 cm³/mol. The molecular weight excluding hydrogens is 324 g/mol. The second kappa shape index (κ2) is 7.69. The molecule has 2 aliphatic heterocycles. The van der Waals surface area contributed by atoms with E-state index in [1.54, 1.807) is 0 Å². The highest BCUT2D eigenvalue weighted by molar-refractivity contribution is 5.76. The van der Waals surface area contributed by atoms with Gasteiger partial charge in [0.15, 0.2) is 0 Å². The first-order valence-corrected chi connectivity index (χ1v) is 10.00. The molecule has 4 nitrogen and oxygen atoms in total. The summed E-state index contributed by atoms with van der Waals surface area (Å²) in [5.41, 5.74) is 3.86. The topological polar surface area (TPSA) is 43.8 Å². The summed E-state index contributed by atoms with van der Waals surface area (Å²) in [5.74, 6) is 1.12. The minimum Gasteiger partial charge on any atom is -0.396 e. The number of hydrogen-bond donors (Lipinski definition) is 1. The molecular formula is C22H34N2O2. The molecule has 2 heterocycles. The van der Waals surface area contributed by atoms with Crippen LogP contribution in [0.5, 0.6) is 0 Å². The molecule has 0 unspecified atom stereocenters. The summed E-state index contributed by atoms with van der Waals surface area (Å²) in [5, 5.41) is 10.2. The normalized spacial score (nSPS) is 26.4. The van der Waals surface area contributed by atoms with Crippen molar-refractivity contribution in [2.45, 2.75) is 47.1 Å². The molecule has 0 aliphatic carbocycles. The van der Waals surface area contributed by atoms with Gasteiger partial charge in [-0.25, -0.2) is 0 Å². The Labute approximate surface area is 158 Å². The molecule has 26 heavy (non-hydrogen) atoms. The van der Waals surface area contributed by atoms with Crippen molar-refractivity contribution in [2.75, 3.05) is 32.8 Å². The summed E-state index contributed by atoms with van der Waals surface area (Å²) in [6.45, 7) is 13.1. The lowest BCUT2D eigenvalue weighted by atomic mass is 9.74. The van der Waals surface area contributed by atoms with Crippen molar-refractivity contribution in [2.24, 2.45) is 17.3 Å². The Morgan fingerprint density at radius 3 is 2.73 bits per heavy atom. The number of rotatable bonds is 5. The van der Waals surface area contributed by atoms with Gasteiger partial charge >= 0.3 is 0 Å². The monoisotopic (exact) mass is 358 g/mol. The lowest BCUT2D eigenvalue weighted by Crippen LogP contribution is -2.52. The standard InChI is InChI=1S/C22H34N2O2/c1-16(2)9-21(26)24-8-7-20-12-23(13-22(20,14-24)15-25)11-19-6-5-17(3)10-18(19)4/h5-6,10,16,20,25H,7-9,11-15H2,1-4H3/t20-,22-/m0/s1. The summed E-state index contributed by atoms with van der Waals surface area (Å²) in [4.78, 5) is 17.0. The number of benzene rings is 1. The third-order valence-electron chi connectivity index (χ3n) is 6.28. The summed E-state index contributed by atoms with van der Waals surface area (Å²) < 4.78 is 0. The van der Waals surface area contributed by atoms with Gasteiger partial charge in [-0.15, -0.1) is 0 Å². The molecule has 2 aliphatic rings. The molecule has 2 atom stereocenters. The zero-order valence-corrected chi connectivity index (χ0v) is 16.8. The maximum Gasteiger partial charge on any atom is 0.222 e. The number of aliphatic hydroxyl groups is 1. The van der Waals surface area contributed by atoms with Crippen LogP contribution >= 0.6 is 0 Å². The van der Waals surface area contributed by atoms with Crippen LogP contribution in [0.2, 0.25) is 0 Å². The first-order chi connectivity index (χ1) is 12.3. The number of amides is 1. The molecule has 0 bridgehead atoms. The molecule has 2 saturated heterocycles. The van der Waals surface area contributed by atoms with Crippen molar-refractivity contribution in [1.82, 2.24) is 9.80 Å². The van der Waals surface area contributed by atoms with Crippen molar-refractivity contribution in [3.05, 3.63) is 34.9 Å². The van der Waals surface area contributed by atoms with Gasteiger partial charge in [0.2, 0.25) is 5.91 Å². The lowest BCUT2D eigenvalue weighted by Gasteiger charge is -2.43. The first-order valence-electron chi connectivity index (χ1n) is 10.00. The molecule has 2 fully saturated rings. The fourth-order valence-electron chi connectivity index (χ4n) is 4.80. The minimum atomic E-state index is -0.149. The van der Waals surface area contributed by atoms with Crippen LogP contribution in [0, 0.1) is 31.1 Å². The van der Waals surface area contributed by atoms with Gasteiger partial charge in [0.25, 0.3) is 0 Å². The highest BCUT2D eigenvalue weighted by Gasteiger charge is 2.50. The van der Waals surface area contributed by atoms with Gasteiger partial charge in [0.1, 0.15) is 0 Å². The van der Waals surface area contributed by atoms with Gasteiger partial charge in [-0.2, -0.15) is 0 Å². The Morgan fingerprint density at radius 2 is 2.08 bits per heavy atom. The lowest BCUT2D eigenvalue weighted by molar-refractivity contribution is -0.137. The van der Waals surface area contributed by atoms with E-state index in [4.69, 9.17) is 0 Å². The Hall–Kier alpha value is -1.39. The molecule has 1 N–H and O–H groups in total. The van der Waals surface area contributed by atoms with Crippen LogP contribution in [-0.4, -0.2) is 53.6 Å². The van der Waals surface area contributed by atoms with E-state index in [0.29, 0.717) is 24.8 Å². The van der Waals surface area contributed by atoms with E-state index in [1.807, 2.05) is 4.90 Å². The van der Waals surface area contributed by atoms with E-state index in [9.17, 15) is 9.90 Å². The third kappa shape index (κ3) is 3.96. The molecule has 1 amide bonds. The molecule has 4 heteroatoms. The smallest absolute Gasteiger partial charge is 0.222 e. The maximum atomic E-state index is 12.5. The molecule has 3 rings (SSSR count). The first kappa shape index (κ1) is 19.4. The predicted octanol–water partition coefficient (Wildman–Crippen LogP) is 2.99. The number of hydrogen-bond acceptors (Lipinski definition) is 3. The molecule has 0 spiro atoms. The number of nitrogens with zero attached hydrogens (tertiary/aromatic N) is 2. The molecule has 144 valence electrons. The van der Waals surface area contributed by atoms with E-state index in [0.717, 1.165) is 32.6 Å². The molecule has 1 aromatic carbocycles. The third-order valence-corrected chi connectivity index (χ3v) is 6.28. The fourth-order valence-corrected chi connectivity index (χ4v) is 4.80. The van der Waals surface area contributed by atoms with Crippen LogP contribution in [0.4, 0.5) is 0 Å². The highest BCUT2D eigenvalue weighted by Crippen LogP contribution is 2.42. The summed E-state index contributed by atoms with van der Waals surface area (Å²) >= 11 is 0. The van der Waals surface area contributed by atoms with E-state index in [1.165, 1.54) is 16.7 Å². The Kier molecular flexibility index (Phi) is 5.73. The van der Waals surface area contributed by atoms with E-state index < -0.39 is 0 Å². The second-order valence-electron chi connectivity index (χ2n) is 9.02. The zero-order valence-electron chi connectivity index (χ0n) is 16.8. The van der Waals surface area contributed by atoms with Crippen LogP contribution in [0.3, 0.4) is 0 Å². The van der Waals surface area contributed by atoms with E-state index >= 15 is 0 Å². The van der Waals surface area contributed by atoms with Crippen LogP contribution in [0.15, 0.2) is 18.2 Å². The molecule has 0 radical (unpaired) electrons. The van der Waals surface area contributed by atoms with Gasteiger partial charge in [0, 0.05) is 44.6 Å². The minimum absolute atomic E-state index is 0.149. The summed E-state index contributed by atoms with van der Waals surface area (Å²) in [6, 6.07) is 6.66. The van der Waals surface area contributed by atoms with Crippen LogP contribution in [0.25, 0.3) is 0 Å². The Morgan fingerprint density at radius 1 is 1.31 bits per heavy atom. The van der Waals surface area contributed by atoms with E-state index in [-0.39, 0.29) is 17.9 Å². The average molecular weight is 359 g/mol. The largest absolute Gasteiger partial charge is 0.396 e. The van der Waals surface area contributed by atoms with Gasteiger partial charge < -0.3 is 10.0 Å². The number of likely N-dealkylation sites (tertiary alicyclic amines) is 2. The Bertz CT molecular complexity index is 658. The van der Waals surface area contributed by atoms with Crippen LogP contribution in [0.1, 0.15) is 43.4 Å². The second-order valence-corrected chi connectivity index (χ2v) is 9.02. The fraction of sp³-hybridized carbons (Fsp3) is 0.682. The van der Waals surface area contributed by atoms with Crippen molar-refractivity contribution < 1.29 is 9.90 Å². The number of fused-ring (bicyclic) bond motifs is 1. The average Bonchev–Trinajstić information content (AvgIpc) is 2.94. The summed E-state index contributed by atoms with van der Waals surface area (Å²) in [7, 11) is 0. The van der Waals surface area contributed by atoms with Crippen LogP contribution in [-0.2, 0) is 11.3 Å². The van der Waals surface area contributed by atoms with Gasteiger partial charge in [-0.3, -0.25) is 9.69 Å². The van der Waals surface area contributed by atoms with Gasteiger partial charge in [0.05, 0.1) is 6.61 Å². The van der Waals surface area contributed by atoms with Crippen molar-refractivity contribution in [1.29, 1.82) is 0 Å². The molecule has 0 aromatic heterocycles. The number of aliphatic hydroxyl groups excluding tert-OH is 1. The van der Waals surface area contributed by atoms with Gasteiger partial charge in [-0.1, -0.05) is 37.6 Å². The quantitative estimate of drug-likeness (QED) is 0.880. The van der Waals surface area contributed by atoms with E-state index in [2.05, 4.69) is 50.8 Å². The number of piperidine rings is 1. The Balaban J connectivity index is 1.69. The van der Waals surface area contributed by atoms with Gasteiger partial charge in [-0.05, 0) is 43.2 Å². The number of carbonyl (C=O) groups is 1. The van der Waals surface area contributed by atoms with Crippen molar-refractivity contribution >= 4 is 5.91 Å². The zero-order chi connectivity index (χ0) is 18.9. The van der Waals surface area contributed by atoms with Crippen molar-refractivity contribution in [3.63, 3.8) is 0 Å². The number of aryl methyl sites for hydroxylation is 2. The molecule has 1 aromatic rings. The highest BCUT2D eigenvalue weighted by atomic mass is 16.3. The SMILES string of the molecule is Cc1ccc(CN2C[C@@H]3CCN(C(=O)CC(C)C)C[C@]3(CO)C2)c(C)c1. The maximum absolute atomic E-state index is 12.5. The summed E-state index contributed by atoms with van der Waals surface area (Å²) in [6.07, 6.45) is 1.62.